The first-order valence-corrected chi connectivity index (χ1v) is 8.41. The Morgan fingerprint density at radius 2 is 2.04 bits per heavy atom. The molecule has 132 valence electrons. The van der Waals surface area contributed by atoms with Gasteiger partial charge in [-0.2, -0.15) is 10.2 Å². The lowest BCUT2D eigenvalue weighted by atomic mass is 10.1. The number of carbonyl (C=O) groups is 1. The molecule has 0 saturated carbocycles. The Kier molecular flexibility index (Phi) is 5.66. The van der Waals surface area contributed by atoms with Crippen LogP contribution in [-0.4, -0.2) is 28.9 Å². The van der Waals surface area contributed by atoms with E-state index in [2.05, 4.69) is 20.7 Å². The third-order valence-electron chi connectivity index (χ3n) is 3.56. The van der Waals surface area contributed by atoms with Gasteiger partial charge in [-0.05, 0) is 43.3 Å². The fourth-order valence-electron chi connectivity index (χ4n) is 2.27. The van der Waals surface area contributed by atoms with Crippen LogP contribution in [0.1, 0.15) is 23.0 Å². The number of ether oxygens (including phenoxy) is 1. The minimum atomic E-state index is -0.391. The van der Waals surface area contributed by atoms with Crippen LogP contribution in [0.5, 0.6) is 5.75 Å². The molecule has 0 aliphatic heterocycles. The molecule has 0 unspecified atom stereocenters. The van der Waals surface area contributed by atoms with Crippen LogP contribution in [-0.2, 0) is 0 Å². The molecule has 0 aliphatic rings. The maximum atomic E-state index is 12.2. The maximum Gasteiger partial charge on any atom is 0.289 e. The summed E-state index contributed by atoms with van der Waals surface area (Å²) in [4.78, 5) is 12.2. The lowest BCUT2D eigenvalue weighted by Gasteiger charge is -2.02. The van der Waals surface area contributed by atoms with E-state index in [4.69, 9.17) is 16.3 Å². The molecule has 0 bridgehead atoms. The van der Waals surface area contributed by atoms with E-state index in [1.807, 2.05) is 43.3 Å². The number of carbonyl (C=O) groups excluding carboxylic acids is 1. The van der Waals surface area contributed by atoms with Crippen LogP contribution in [0.4, 0.5) is 0 Å². The first kappa shape index (κ1) is 17.7. The third kappa shape index (κ3) is 4.29. The Morgan fingerprint density at radius 3 is 2.77 bits per heavy atom. The zero-order valence-corrected chi connectivity index (χ0v) is 14.8. The number of halogens is 1. The van der Waals surface area contributed by atoms with Crippen molar-refractivity contribution < 1.29 is 9.53 Å². The molecule has 0 aliphatic carbocycles. The standard InChI is InChI=1S/C19H17ClN4O2/c1-2-26-15-9-7-13(8-10-15)17-11-18(23-22-17)19(25)24-21-12-14-5-3-4-6-16(14)20/h3-12H,2H2,1H3,(H,22,23)(H,24,25)/b21-12+. The molecule has 2 N–H and O–H groups in total. The van der Waals surface area contributed by atoms with Gasteiger partial charge in [0.25, 0.3) is 5.91 Å². The normalized spacial score (nSPS) is 10.8. The van der Waals surface area contributed by atoms with E-state index in [0.29, 0.717) is 28.6 Å². The summed E-state index contributed by atoms with van der Waals surface area (Å²) in [6, 6.07) is 16.4. The molecule has 0 spiro atoms. The molecular formula is C19H17ClN4O2. The van der Waals surface area contributed by atoms with Gasteiger partial charge in [0.2, 0.25) is 0 Å². The van der Waals surface area contributed by atoms with Crippen molar-refractivity contribution in [2.24, 2.45) is 5.10 Å². The maximum absolute atomic E-state index is 12.2. The van der Waals surface area contributed by atoms with Gasteiger partial charge in [0.15, 0.2) is 0 Å². The molecule has 26 heavy (non-hydrogen) atoms. The van der Waals surface area contributed by atoms with E-state index >= 15 is 0 Å². The van der Waals surface area contributed by atoms with Gasteiger partial charge in [-0.25, -0.2) is 5.43 Å². The predicted octanol–water partition coefficient (Wildman–Crippen LogP) is 3.89. The first-order chi connectivity index (χ1) is 12.7. The third-order valence-corrected chi connectivity index (χ3v) is 3.90. The molecule has 0 fully saturated rings. The van der Waals surface area contributed by atoms with Crippen LogP contribution < -0.4 is 10.2 Å². The summed E-state index contributed by atoms with van der Waals surface area (Å²) < 4.78 is 5.41. The fraction of sp³-hybridized carbons (Fsp3) is 0.105. The zero-order chi connectivity index (χ0) is 18.4. The number of aromatic amines is 1. The molecule has 2 aromatic carbocycles. The Hall–Kier alpha value is -3.12. The molecule has 7 heteroatoms. The second-order valence-electron chi connectivity index (χ2n) is 5.34. The number of rotatable bonds is 6. The van der Waals surface area contributed by atoms with E-state index in [-0.39, 0.29) is 0 Å². The Morgan fingerprint density at radius 1 is 1.27 bits per heavy atom. The molecule has 0 radical (unpaired) electrons. The Bertz CT molecular complexity index is 919. The largest absolute Gasteiger partial charge is 0.494 e. The van der Waals surface area contributed by atoms with Crippen molar-refractivity contribution in [3.8, 4) is 17.0 Å². The highest BCUT2D eigenvalue weighted by atomic mass is 35.5. The van der Waals surface area contributed by atoms with Crippen molar-refractivity contribution in [1.82, 2.24) is 15.6 Å². The van der Waals surface area contributed by atoms with Crippen molar-refractivity contribution in [3.05, 3.63) is 70.9 Å². The highest BCUT2D eigenvalue weighted by Gasteiger charge is 2.10. The first-order valence-electron chi connectivity index (χ1n) is 8.04. The Balaban J connectivity index is 1.65. The molecular weight excluding hydrogens is 352 g/mol. The van der Waals surface area contributed by atoms with E-state index in [1.165, 1.54) is 6.21 Å². The summed E-state index contributed by atoms with van der Waals surface area (Å²) in [7, 11) is 0. The van der Waals surface area contributed by atoms with Gasteiger partial charge in [-0.1, -0.05) is 29.8 Å². The molecule has 6 nitrogen and oxygen atoms in total. The van der Waals surface area contributed by atoms with Gasteiger partial charge in [-0.15, -0.1) is 0 Å². The molecule has 0 atom stereocenters. The molecule has 1 heterocycles. The van der Waals surface area contributed by atoms with Gasteiger partial charge in [-0.3, -0.25) is 9.89 Å². The number of amides is 1. The number of nitrogens with one attached hydrogen (secondary N) is 2. The molecule has 0 saturated heterocycles. The summed E-state index contributed by atoms with van der Waals surface area (Å²) in [5.74, 6) is 0.400. The average Bonchev–Trinajstić information content (AvgIpc) is 3.14. The van der Waals surface area contributed by atoms with Gasteiger partial charge in [0.05, 0.1) is 18.5 Å². The van der Waals surface area contributed by atoms with Crippen molar-refractivity contribution >= 4 is 23.7 Å². The quantitative estimate of drug-likeness (QED) is 0.511. The number of aromatic nitrogens is 2. The van der Waals surface area contributed by atoms with E-state index < -0.39 is 5.91 Å². The van der Waals surface area contributed by atoms with E-state index in [1.54, 1.807) is 18.2 Å². The average molecular weight is 369 g/mol. The highest BCUT2D eigenvalue weighted by Crippen LogP contribution is 2.21. The second-order valence-corrected chi connectivity index (χ2v) is 5.75. The van der Waals surface area contributed by atoms with Gasteiger partial charge < -0.3 is 4.74 Å². The van der Waals surface area contributed by atoms with E-state index in [9.17, 15) is 4.79 Å². The monoisotopic (exact) mass is 368 g/mol. The second kappa shape index (κ2) is 8.31. The lowest BCUT2D eigenvalue weighted by molar-refractivity contribution is 0.0950. The number of hydrogen-bond donors (Lipinski definition) is 2. The van der Waals surface area contributed by atoms with Crippen LogP contribution in [0.3, 0.4) is 0 Å². The Labute approximate surface area is 155 Å². The number of hydrazone groups is 1. The minimum absolute atomic E-state index is 0.310. The van der Waals surface area contributed by atoms with Crippen molar-refractivity contribution in [1.29, 1.82) is 0 Å². The topological polar surface area (TPSA) is 79.4 Å². The van der Waals surface area contributed by atoms with Gasteiger partial charge in [0.1, 0.15) is 11.4 Å². The smallest absolute Gasteiger partial charge is 0.289 e. The van der Waals surface area contributed by atoms with Crippen molar-refractivity contribution in [3.63, 3.8) is 0 Å². The SMILES string of the molecule is CCOc1ccc(-c2cc(C(=O)N/N=C/c3ccccc3Cl)[nH]n2)cc1. The van der Waals surface area contributed by atoms with Crippen LogP contribution >= 0.6 is 11.6 Å². The lowest BCUT2D eigenvalue weighted by Crippen LogP contribution is -2.18. The fourth-order valence-corrected chi connectivity index (χ4v) is 2.46. The molecule has 3 rings (SSSR count). The van der Waals surface area contributed by atoms with E-state index in [0.717, 1.165) is 11.3 Å². The van der Waals surface area contributed by atoms with Gasteiger partial charge in [0, 0.05) is 16.1 Å². The zero-order valence-electron chi connectivity index (χ0n) is 14.1. The molecule has 1 aromatic heterocycles. The summed E-state index contributed by atoms with van der Waals surface area (Å²) >= 11 is 6.03. The number of H-pyrrole nitrogens is 1. The summed E-state index contributed by atoms with van der Waals surface area (Å²) in [6.07, 6.45) is 1.49. The number of benzene rings is 2. The summed E-state index contributed by atoms with van der Waals surface area (Å²) in [6.45, 7) is 2.54. The van der Waals surface area contributed by atoms with Crippen molar-refractivity contribution in [2.75, 3.05) is 6.61 Å². The summed E-state index contributed by atoms with van der Waals surface area (Å²) in [5.41, 5.74) is 5.01. The van der Waals surface area contributed by atoms with Crippen LogP contribution in [0.15, 0.2) is 59.7 Å². The predicted molar refractivity (Wildman–Crippen MR) is 102 cm³/mol. The number of nitrogens with zero attached hydrogens (tertiary/aromatic N) is 2. The number of hydrogen-bond acceptors (Lipinski definition) is 4. The summed E-state index contributed by atoms with van der Waals surface area (Å²) in [5, 5.41) is 11.4. The van der Waals surface area contributed by atoms with Crippen LogP contribution in [0, 0.1) is 0 Å². The van der Waals surface area contributed by atoms with Crippen LogP contribution in [0.25, 0.3) is 11.3 Å². The van der Waals surface area contributed by atoms with Crippen molar-refractivity contribution in [2.45, 2.75) is 6.92 Å². The molecule has 3 aromatic rings. The van der Waals surface area contributed by atoms with Gasteiger partial charge >= 0.3 is 0 Å². The minimum Gasteiger partial charge on any atom is -0.494 e. The van der Waals surface area contributed by atoms with Crippen LogP contribution in [0.2, 0.25) is 5.02 Å². The highest BCUT2D eigenvalue weighted by molar-refractivity contribution is 6.33. The molecule has 1 amide bonds.